The van der Waals surface area contributed by atoms with E-state index < -0.39 is 29.9 Å². The average Bonchev–Trinajstić information content (AvgIpc) is 3.25. The maximum Gasteiger partial charge on any atom is 0.417 e. The lowest BCUT2D eigenvalue weighted by molar-refractivity contribution is -0.145. The zero-order valence-corrected chi connectivity index (χ0v) is 18.3. The summed E-state index contributed by atoms with van der Waals surface area (Å²) in [5, 5.41) is 0. The number of esters is 1. The molecule has 2 atom stereocenters. The molecule has 0 spiro atoms. The zero-order valence-electron chi connectivity index (χ0n) is 18.3. The van der Waals surface area contributed by atoms with Crippen LogP contribution in [0.2, 0.25) is 0 Å². The maximum absolute atomic E-state index is 13.5. The molecule has 1 heterocycles. The van der Waals surface area contributed by atoms with Crippen LogP contribution in [0.5, 0.6) is 0 Å². The summed E-state index contributed by atoms with van der Waals surface area (Å²) in [4.78, 5) is 39.8. The number of methoxy groups -OCH3 is 1. The van der Waals surface area contributed by atoms with E-state index in [9.17, 15) is 14.4 Å². The lowest BCUT2D eigenvalue weighted by atomic mass is 9.84. The van der Waals surface area contributed by atoms with E-state index in [4.69, 9.17) is 9.47 Å². The maximum atomic E-state index is 13.5. The van der Waals surface area contributed by atoms with Crippen molar-refractivity contribution in [2.75, 3.05) is 13.7 Å². The fraction of sp³-hybridized carbons (Fsp3) is 0.222. The highest BCUT2D eigenvalue weighted by molar-refractivity contribution is 5.96. The molecule has 1 fully saturated rings. The minimum Gasteiger partial charge on any atom is -0.469 e. The number of rotatable bonds is 7. The number of hydrogen-bond donors (Lipinski definition) is 0. The smallest absolute Gasteiger partial charge is 0.417 e. The lowest BCUT2D eigenvalue weighted by Crippen LogP contribution is -2.43. The molecule has 0 radical (unpaired) electrons. The van der Waals surface area contributed by atoms with Gasteiger partial charge in [0, 0.05) is 12.3 Å². The molecule has 3 aromatic carbocycles. The Kier molecular flexibility index (Phi) is 6.83. The Bertz CT molecular complexity index is 1060. The largest absolute Gasteiger partial charge is 0.469 e. The van der Waals surface area contributed by atoms with Crippen LogP contribution in [0.25, 0.3) is 0 Å². The topological polar surface area (TPSA) is 72.9 Å². The molecule has 168 valence electrons. The van der Waals surface area contributed by atoms with E-state index in [1.54, 1.807) is 24.3 Å². The van der Waals surface area contributed by atoms with Crippen molar-refractivity contribution < 1.29 is 23.9 Å². The summed E-state index contributed by atoms with van der Waals surface area (Å²) >= 11 is 0. The molecule has 1 aliphatic rings. The highest BCUT2D eigenvalue weighted by Gasteiger charge is 2.44. The highest BCUT2D eigenvalue weighted by Crippen LogP contribution is 2.35. The van der Waals surface area contributed by atoms with Gasteiger partial charge in [-0.05, 0) is 16.7 Å². The van der Waals surface area contributed by atoms with Gasteiger partial charge in [-0.2, -0.15) is 0 Å². The predicted octanol–water partition coefficient (Wildman–Crippen LogP) is 4.51. The third-order valence-electron chi connectivity index (χ3n) is 5.94. The second-order valence-corrected chi connectivity index (χ2v) is 7.90. The van der Waals surface area contributed by atoms with Gasteiger partial charge in [0.05, 0.1) is 19.1 Å². The fourth-order valence-corrected chi connectivity index (χ4v) is 4.36. The van der Waals surface area contributed by atoms with Gasteiger partial charge in [-0.3, -0.25) is 9.59 Å². The van der Waals surface area contributed by atoms with Crippen molar-refractivity contribution in [1.82, 2.24) is 4.90 Å². The predicted molar refractivity (Wildman–Crippen MR) is 123 cm³/mol. The van der Waals surface area contributed by atoms with E-state index in [2.05, 4.69) is 0 Å². The molecule has 1 aliphatic heterocycles. The van der Waals surface area contributed by atoms with Gasteiger partial charge in [-0.1, -0.05) is 91.0 Å². The highest BCUT2D eigenvalue weighted by atomic mass is 16.6. The van der Waals surface area contributed by atoms with Gasteiger partial charge in [0.15, 0.2) is 0 Å². The van der Waals surface area contributed by atoms with Crippen molar-refractivity contribution in [2.45, 2.75) is 24.3 Å². The van der Waals surface area contributed by atoms with E-state index in [-0.39, 0.29) is 18.9 Å². The van der Waals surface area contributed by atoms with Crippen molar-refractivity contribution in [2.24, 2.45) is 0 Å². The Morgan fingerprint density at radius 3 is 1.85 bits per heavy atom. The van der Waals surface area contributed by atoms with Crippen LogP contribution in [0.3, 0.4) is 0 Å². The van der Waals surface area contributed by atoms with Crippen LogP contribution >= 0.6 is 0 Å². The molecule has 6 nitrogen and oxygen atoms in total. The second kappa shape index (κ2) is 10.1. The van der Waals surface area contributed by atoms with Crippen molar-refractivity contribution in [3.63, 3.8) is 0 Å². The van der Waals surface area contributed by atoms with Crippen molar-refractivity contribution in [3.05, 3.63) is 108 Å². The van der Waals surface area contributed by atoms with Gasteiger partial charge in [0.1, 0.15) is 6.61 Å². The van der Waals surface area contributed by atoms with Crippen LogP contribution in [0.15, 0.2) is 91.0 Å². The van der Waals surface area contributed by atoms with E-state index in [1.807, 2.05) is 66.7 Å². The Labute approximate surface area is 192 Å². The number of cyclic esters (lactones) is 1. The SMILES string of the molecule is COC(=O)[C@H](CC(=O)N1C(=O)OC[C@H]1C(c1ccccc1)c1ccccc1)c1ccccc1. The van der Waals surface area contributed by atoms with Crippen LogP contribution in [0.1, 0.15) is 34.9 Å². The van der Waals surface area contributed by atoms with Crippen molar-refractivity contribution >= 4 is 18.0 Å². The van der Waals surface area contributed by atoms with E-state index in [0.29, 0.717) is 5.56 Å². The number of imide groups is 1. The molecular formula is C27H25NO5. The van der Waals surface area contributed by atoms with Crippen LogP contribution < -0.4 is 0 Å². The van der Waals surface area contributed by atoms with E-state index in [1.165, 1.54) is 12.0 Å². The Morgan fingerprint density at radius 2 is 1.36 bits per heavy atom. The first-order valence-corrected chi connectivity index (χ1v) is 10.8. The van der Waals surface area contributed by atoms with Crippen LogP contribution in [-0.2, 0) is 19.1 Å². The fourth-order valence-electron chi connectivity index (χ4n) is 4.36. The third kappa shape index (κ3) is 4.80. The third-order valence-corrected chi connectivity index (χ3v) is 5.94. The Balaban J connectivity index is 1.67. The number of ether oxygens (including phenoxy) is 2. The molecule has 33 heavy (non-hydrogen) atoms. The number of carbonyl (C=O) groups excluding carboxylic acids is 3. The number of hydrogen-bond acceptors (Lipinski definition) is 5. The molecule has 0 aliphatic carbocycles. The molecule has 0 N–H and O–H groups in total. The molecule has 2 amide bonds. The van der Waals surface area contributed by atoms with E-state index in [0.717, 1.165) is 11.1 Å². The van der Waals surface area contributed by atoms with Gasteiger partial charge in [0.25, 0.3) is 0 Å². The van der Waals surface area contributed by atoms with Gasteiger partial charge < -0.3 is 9.47 Å². The zero-order chi connectivity index (χ0) is 23.2. The molecule has 0 unspecified atom stereocenters. The molecule has 4 rings (SSSR count). The van der Waals surface area contributed by atoms with Gasteiger partial charge >= 0.3 is 12.1 Å². The van der Waals surface area contributed by atoms with Crippen LogP contribution in [0, 0.1) is 0 Å². The number of amides is 2. The minimum atomic E-state index is -0.815. The number of carbonyl (C=O) groups is 3. The molecule has 1 saturated heterocycles. The summed E-state index contributed by atoms with van der Waals surface area (Å²) in [5.41, 5.74) is 2.60. The second-order valence-electron chi connectivity index (χ2n) is 7.90. The standard InChI is InChI=1S/C27H25NO5/c1-32-26(30)22(19-11-5-2-6-12-19)17-24(29)28-23(18-33-27(28)31)25(20-13-7-3-8-14-20)21-15-9-4-10-16-21/h2-16,22-23,25H,17-18H2,1H3/t22-,23+/m1/s1. The summed E-state index contributed by atoms with van der Waals surface area (Å²) in [6, 6.07) is 27.9. The number of benzene rings is 3. The van der Waals surface area contributed by atoms with Crippen molar-refractivity contribution in [1.29, 1.82) is 0 Å². The molecular weight excluding hydrogens is 418 g/mol. The molecule has 6 heteroatoms. The van der Waals surface area contributed by atoms with Gasteiger partial charge in [-0.15, -0.1) is 0 Å². The summed E-state index contributed by atoms with van der Waals surface area (Å²) < 4.78 is 10.3. The average molecular weight is 443 g/mol. The molecule has 3 aromatic rings. The monoisotopic (exact) mass is 443 g/mol. The lowest BCUT2D eigenvalue weighted by Gasteiger charge is -2.29. The summed E-state index contributed by atoms with van der Waals surface area (Å²) in [7, 11) is 1.29. The Hall–Kier alpha value is -3.93. The molecule has 0 bridgehead atoms. The van der Waals surface area contributed by atoms with Gasteiger partial charge in [-0.25, -0.2) is 9.69 Å². The molecule has 0 saturated carbocycles. The summed E-state index contributed by atoms with van der Waals surface area (Å²) in [5.74, 6) is -2.08. The first-order valence-electron chi connectivity index (χ1n) is 10.8. The molecule has 0 aromatic heterocycles. The quantitative estimate of drug-likeness (QED) is 0.502. The first-order chi connectivity index (χ1) is 16.1. The van der Waals surface area contributed by atoms with Gasteiger partial charge in [0.2, 0.25) is 5.91 Å². The minimum absolute atomic E-state index is 0.0766. The first kappa shape index (κ1) is 22.3. The Morgan fingerprint density at radius 1 is 0.879 bits per heavy atom. The normalized spacial score (nSPS) is 16.4. The van der Waals surface area contributed by atoms with E-state index >= 15 is 0 Å². The number of nitrogens with zero attached hydrogens (tertiary/aromatic N) is 1. The van der Waals surface area contributed by atoms with Crippen LogP contribution in [-0.4, -0.2) is 42.6 Å². The van der Waals surface area contributed by atoms with Crippen LogP contribution in [0.4, 0.5) is 4.79 Å². The summed E-state index contributed by atoms with van der Waals surface area (Å²) in [6.45, 7) is 0.0766. The van der Waals surface area contributed by atoms with Crippen molar-refractivity contribution in [3.8, 4) is 0 Å². The summed E-state index contributed by atoms with van der Waals surface area (Å²) in [6.07, 6.45) is -0.892.